The Bertz CT molecular complexity index is 285. The maximum Gasteiger partial charge on any atom is 0.314 e. The number of carbonyl (C=O) groups excluding carboxylic acids is 1. The van der Waals surface area contributed by atoms with Gasteiger partial charge in [-0.05, 0) is 25.0 Å². The van der Waals surface area contributed by atoms with Crippen LogP contribution >= 0.6 is 11.8 Å². The lowest BCUT2D eigenvalue weighted by Gasteiger charge is -2.16. The molecule has 0 bridgehead atoms. The topological polar surface area (TPSA) is 78.4 Å². The highest BCUT2D eigenvalue weighted by Gasteiger charge is 2.19. The first-order chi connectivity index (χ1) is 8.86. The van der Waals surface area contributed by atoms with Gasteiger partial charge in [0.2, 0.25) is 0 Å². The minimum atomic E-state index is -0.856. The summed E-state index contributed by atoms with van der Waals surface area (Å²) in [6.45, 7) is 6.83. The van der Waals surface area contributed by atoms with Gasteiger partial charge in [-0.1, -0.05) is 20.8 Å². The van der Waals surface area contributed by atoms with Crippen LogP contribution in [0.15, 0.2) is 0 Å². The monoisotopic (exact) mass is 290 g/mol. The molecule has 0 spiro atoms. The summed E-state index contributed by atoms with van der Waals surface area (Å²) >= 11 is 1.76. The fourth-order valence-electron chi connectivity index (χ4n) is 1.63. The van der Waals surface area contributed by atoms with Crippen molar-refractivity contribution in [1.82, 2.24) is 10.6 Å². The van der Waals surface area contributed by atoms with Gasteiger partial charge in [0.1, 0.15) is 0 Å². The fraction of sp³-hybridized carbons (Fsp3) is 0.846. The third-order valence-corrected chi connectivity index (χ3v) is 3.89. The quantitative estimate of drug-likeness (QED) is 0.608. The maximum absolute atomic E-state index is 11.5. The Labute approximate surface area is 119 Å². The number of carbonyl (C=O) groups is 2. The molecule has 0 aromatic heterocycles. The molecule has 0 aliphatic rings. The number of urea groups is 1. The van der Waals surface area contributed by atoms with Crippen LogP contribution in [0.25, 0.3) is 0 Å². The van der Waals surface area contributed by atoms with E-state index < -0.39 is 11.9 Å². The minimum Gasteiger partial charge on any atom is -0.481 e. The van der Waals surface area contributed by atoms with Gasteiger partial charge in [-0.15, -0.1) is 0 Å². The van der Waals surface area contributed by atoms with Gasteiger partial charge in [-0.2, -0.15) is 11.8 Å². The van der Waals surface area contributed by atoms with E-state index in [-0.39, 0.29) is 12.6 Å². The van der Waals surface area contributed by atoms with Crippen LogP contribution in [0.4, 0.5) is 4.79 Å². The van der Waals surface area contributed by atoms with Crippen LogP contribution in [-0.4, -0.2) is 41.7 Å². The molecule has 2 amide bonds. The number of thioether (sulfide) groups is 1. The van der Waals surface area contributed by atoms with Crippen molar-refractivity contribution in [3.8, 4) is 0 Å². The predicted octanol–water partition coefficient (Wildman–Crippen LogP) is 2.17. The van der Waals surface area contributed by atoms with Gasteiger partial charge in [0.25, 0.3) is 0 Å². The largest absolute Gasteiger partial charge is 0.481 e. The average Bonchev–Trinajstić information content (AvgIpc) is 2.33. The van der Waals surface area contributed by atoms with Crippen LogP contribution in [0.3, 0.4) is 0 Å². The lowest BCUT2D eigenvalue weighted by atomic mass is 9.97. The highest BCUT2D eigenvalue weighted by atomic mass is 32.2. The van der Waals surface area contributed by atoms with Crippen LogP contribution < -0.4 is 10.6 Å². The molecule has 2 unspecified atom stereocenters. The Morgan fingerprint density at radius 2 is 1.84 bits per heavy atom. The number of carboxylic acids is 1. The van der Waals surface area contributed by atoms with Crippen molar-refractivity contribution in [1.29, 1.82) is 0 Å². The Kier molecular flexibility index (Phi) is 9.47. The number of hydrogen-bond donors (Lipinski definition) is 3. The van der Waals surface area contributed by atoms with Crippen LogP contribution in [-0.2, 0) is 4.79 Å². The normalized spacial score (nSPS) is 13.9. The summed E-state index contributed by atoms with van der Waals surface area (Å²) < 4.78 is 0. The smallest absolute Gasteiger partial charge is 0.314 e. The van der Waals surface area contributed by atoms with E-state index >= 15 is 0 Å². The van der Waals surface area contributed by atoms with Gasteiger partial charge in [-0.25, -0.2) is 4.79 Å². The Balaban J connectivity index is 3.89. The molecule has 2 atom stereocenters. The number of hydrogen-bond acceptors (Lipinski definition) is 3. The molecule has 0 saturated carbocycles. The van der Waals surface area contributed by atoms with E-state index in [0.29, 0.717) is 24.1 Å². The van der Waals surface area contributed by atoms with Crippen molar-refractivity contribution in [3.05, 3.63) is 0 Å². The summed E-state index contributed by atoms with van der Waals surface area (Å²) in [5.41, 5.74) is 0. The van der Waals surface area contributed by atoms with E-state index in [9.17, 15) is 9.59 Å². The molecule has 0 saturated heterocycles. The molecule has 0 aromatic carbocycles. The second kappa shape index (κ2) is 9.95. The van der Waals surface area contributed by atoms with Gasteiger partial charge in [0.05, 0.1) is 5.92 Å². The molecular formula is C13H26N2O3S. The summed E-state index contributed by atoms with van der Waals surface area (Å²) in [4.78, 5) is 22.5. The van der Waals surface area contributed by atoms with E-state index in [1.165, 1.54) is 0 Å². The highest BCUT2D eigenvalue weighted by Crippen LogP contribution is 2.11. The van der Waals surface area contributed by atoms with Crippen LogP contribution in [0.2, 0.25) is 0 Å². The number of carboxylic acid groups (broad SMARTS) is 1. The van der Waals surface area contributed by atoms with Crippen molar-refractivity contribution < 1.29 is 14.7 Å². The zero-order valence-corrected chi connectivity index (χ0v) is 13.0. The first kappa shape index (κ1) is 18.1. The summed E-state index contributed by atoms with van der Waals surface area (Å²) in [6, 6.07) is -0.289. The van der Waals surface area contributed by atoms with Gasteiger partial charge < -0.3 is 15.7 Å². The van der Waals surface area contributed by atoms with Crippen molar-refractivity contribution in [2.45, 2.75) is 38.9 Å². The number of amides is 2. The summed E-state index contributed by atoms with van der Waals surface area (Å²) in [6.07, 6.45) is 3.51. The second-order valence-corrected chi connectivity index (χ2v) is 6.41. The Morgan fingerprint density at radius 3 is 2.32 bits per heavy atom. The van der Waals surface area contributed by atoms with Crippen LogP contribution in [0, 0.1) is 11.8 Å². The Hall–Kier alpha value is -0.910. The SMILES string of the molecule is CSC(C)CCNC(=O)NCC(CC(C)C)C(=O)O. The number of nitrogens with one attached hydrogen (secondary N) is 2. The van der Waals surface area contributed by atoms with E-state index in [4.69, 9.17) is 5.11 Å². The second-order valence-electron chi connectivity index (χ2n) is 5.14. The predicted molar refractivity (Wildman–Crippen MR) is 79.6 cm³/mol. The average molecular weight is 290 g/mol. The summed E-state index contributed by atoms with van der Waals surface area (Å²) in [5, 5.41) is 14.9. The maximum atomic E-state index is 11.5. The van der Waals surface area contributed by atoms with Crippen molar-refractivity contribution in [2.24, 2.45) is 11.8 Å². The molecule has 0 rings (SSSR count). The standard InChI is InChI=1S/C13H26N2O3S/c1-9(2)7-11(12(16)17)8-15-13(18)14-6-5-10(3)19-4/h9-11H,5-8H2,1-4H3,(H,16,17)(H2,14,15,18). The minimum absolute atomic E-state index is 0.178. The molecule has 5 nitrogen and oxygen atoms in total. The van der Waals surface area contributed by atoms with E-state index in [1.54, 1.807) is 11.8 Å². The number of rotatable bonds is 9. The molecule has 6 heteroatoms. The molecular weight excluding hydrogens is 264 g/mol. The zero-order valence-electron chi connectivity index (χ0n) is 12.2. The first-order valence-corrected chi connectivity index (χ1v) is 7.92. The van der Waals surface area contributed by atoms with Crippen molar-refractivity contribution in [3.63, 3.8) is 0 Å². The fourth-order valence-corrected chi connectivity index (χ4v) is 1.98. The summed E-state index contributed by atoms with van der Waals surface area (Å²) in [7, 11) is 0. The van der Waals surface area contributed by atoms with E-state index in [2.05, 4.69) is 17.6 Å². The molecule has 0 aliphatic heterocycles. The molecule has 0 radical (unpaired) electrons. The van der Waals surface area contributed by atoms with Crippen LogP contribution in [0.1, 0.15) is 33.6 Å². The molecule has 0 aromatic rings. The zero-order chi connectivity index (χ0) is 14.8. The first-order valence-electron chi connectivity index (χ1n) is 6.64. The van der Waals surface area contributed by atoms with E-state index in [1.807, 2.05) is 20.1 Å². The molecule has 3 N–H and O–H groups in total. The summed E-state index contributed by atoms with van der Waals surface area (Å²) in [5.74, 6) is -1.07. The van der Waals surface area contributed by atoms with Gasteiger partial charge >= 0.3 is 12.0 Å². The van der Waals surface area contributed by atoms with Gasteiger partial charge in [0, 0.05) is 18.3 Å². The molecule has 112 valence electrons. The third-order valence-electron chi connectivity index (χ3n) is 2.85. The molecule has 19 heavy (non-hydrogen) atoms. The molecule has 0 fully saturated rings. The molecule has 0 aliphatic carbocycles. The van der Waals surface area contributed by atoms with Crippen molar-refractivity contribution in [2.75, 3.05) is 19.3 Å². The molecule has 0 heterocycles. The Morgan fingerprint density at radius 1 is 1.21 bits per heavy atom. The lowest BCUT2D eigenvalue weighted by Crippen LogP contribution is -2.40. The van der Waals surface area contributed by atoms with Gasteiger partial charge in [-0.3, -0.25) is 4.79 Å². The highest BCUT2D eigenvalue weighted by molar-refractivity contribution is 7.99. The number of aliphatic carboxylic acids is 1. The van der Waals surface area contributed by atoms with Gasteiger partial charge in [0.15, 0.2) is 0 Å². The van der Waals surface area contributed by atoms with Crippen LogP contribution in [0.5, 0.6) is 0 Å². The third kappa shape index (κ3) is 9.64. The van der Waals surface area contributed by atoms with E-state index in [0.717, 1.165) is 6.42 Å². The lowest BCUT2D eigenvalue weighted by molar-refractivity contribution is -0.142. The van der Waals surface area contributed by atoms with Crippen molar-refractivity contribution >= 4 is 23.8 Å².